The Bertz CT molecular complexity index is 598. The lowest BCUT2D eigenvalue weighted by Gasteiger charge is -2.29. The summed E-state index contributed by atoms with van der Waals surface area (Å²) in [7, 11) is 2.19. The van der Waals surface area contributed by atoms with Crippen LogP contribution in [0.5, 0.6) is 0 Å². The average molecular weight is 323 g/mol. The molecule has 1 aliphatic rings. The molecule has 3 heterocycles. The monoisotopic (exact) mass is 323 g/mol. The second kappa shape index (κ2) is 6.29. The van der Waals surface area contributed by atoms with Crippen molar-refractivity contribution in [1.29, 1.82) is 0 Å². The van der Waals surface area contributed by atoms with Crippen LogP contribution in [0.25, 0.3) is 10.6 Å². The molecule has 0 saturated carbocycles. The molecule has 7 heteroatoms. The lowest BCUT2D eigenvalue weighted by Crippen LogP contribution is -2.32. The molecule has 0 aromatic carbocycles. The van der Waals surface area contributed by atoms with E-state index in [4.69, 9.17) is 5.73 Å². The number of hydrogen-bond acceptors (Lipinski definition) is 7. The van der Waals surface area contributed by atoms with E-state index in [0.29, 0.717) is 5.82 Å². The van der Waals surface area contributed by atoms with Gasteiger partial charge in [0, 0.05) is 17.6 Å². The molecule has 0 aliphatic carbocycles. The van der Waals surface area contributed by atoms with Gasteiger partial charge in [0.15, 0.2) is 0 Å². The standard InChI is InChI=1S/C14H21N5S2/c1-9-8-20-14(17-9)11-12(15)18-21-13(11)16-7-10-3-5-19(2)6-4-10/h8,10,16H,3-7H2,1-2H3,(H2,15,18). The Morgan fingerprint density at radius 3 is 2.86 bits per heavy atom. The van der Waals surface area contributed by atoms with Crippen LogP contribution in [-0.4, -0.2) is 40.9 Å². The Balaban J connectivity index is 1.69. The van der Waals surface area contributed by atoms with Gasteiger partial charge in [0.05, 0.1) is 5.56 Å². The van der Waals surface area contributed by atoms with Crippen molar-refractivity contribution >= 4 is 33.7 Å². The molecule has 2 aromatic rings. The third-order valence-electron chi connectivity index (χ3n) is 3.94. The molecule has 3 rings (SSSR count). The number of thiazole rings is 1. The smallest absolute Gasteiger partial charge is 0.149 e. The van der Waals surface area contributed by atoms with Gasteiger partial charge in [0.1, 0.15) is 15.8 Å². The Morgan fingerprint density at radius 2 is 2.19 bits per heavy atom. The third kappa shape index (κ3) is 3.36. The maximum Gasteiger partial charge on any atom is 0.149 e. The molecule has 114 valence electrons. The maximum absolute atomic E-state index is 6.03. The largest absolute Gasteiger partial charge is 0.382 e. The summed E-state index contributed by atoms with van der Waals surface area (Å²) in [5.41, 5.74) is 8.04. The topological polar surface area (TPSA) is 67.1 Å². The first-order valence-corrected chi connectivity index (χ1v) is 8.89. The second-order valence-corrected chi connectivity index (χ2v) is 7.33. The summed E-state index contributed by atoms with van der Waals surface area (Å²) in [6.45, 7) is 5.37. The van der Waals surface area contributed by atoms with E-state index < -0.39 is 0 Å². The Kier molecular flexibility index (Phi) is 4.42. The van der Waals surface area contributed by atoms with Gasteiger partial charge >= 0.3 is 0 Å². The van der Waals surface area contributed by atoms with Gasteiger partial charge < -0.3 is 16.0 Å². The predicted octanol–water partition coefficient (Wildman–Crippen LogP) is 2.91. The molecular formula is C14H21N5S2. The van der Waals surface area contributed by atoms with E-state index in [1.54, 1.807) is 11.3 Å². The van der Waals surface area contributed by atoms with Gasteiger partial charge in [0.2, 0.25) is 0 Å². The van der Waals surface area contributed by atoms with Crippen LogP contribution in [-0.2, 0) is 0 Å². The molecule has 3 N–H and O–H groups in total. The normalized spacial score (nSPS) is 17.2. The highest BCUT2D eigenvalue weighted by Gasteiger charge is 2.20. The fraction of sp³-hybridized carbons (Fsp3) is 0.571. The van der Waals surface area contributed by atoms with Crippen molar-refractivity contribution in [3.05, 3.63) is 11.1 Å². The minimum absolute atomic E-state index is 0.584. The number of nitrogens with zero attached hydrogens (tertiary/aromatic N) is 3. The van der Waals surface area contributed by atoms with Crippen LogP contribution in [0.15, 0.2) is 5.38 Å². The van der Waals surface area contributed by atoms with Gasteiger partial charge in [-0.15, -0.1) is 11.3 Å². The Labute approximate surface area is 133 Å². The van der Waals surface area contributed by atoms with Crippen molar-refractivity contribution < 1.29 is 0 Å². The molecule has 0 amide bonds. The van der Waals surface area contributed by atoms with Crippen molar-refractivity contribution in [1.82, 2.24) is 14.3 Å². The lowest BCUT2D eigenvalue weighted by molar-refractivity contribution is 0.226. The Morgan fingerprint density at radius 1 is 1.43 bits per heavy atom. The minimum Gasteiger partial charge on any atom is -0.382 e. The van der Waals surface area contributed by atoms with E-state index in [9.17, 15) is 0 Å². The van der Waals surface area contributed by atoms with E-state index in [1.807, 2.05) is 12.3 Å². The van der Waals surface area contributed by atoms with Crippen LogP contribution in [0.2, 0.25) is 0 Å². The van der Waals surface area contributed by atoms with Crippen LogP contribution in [0.4, 0.5) is 10.8 Å². The second-order valence-electron chi connectivity index (χ2n) is 5.69. The van der Waals surface area contributed by atoms with Crippen LogP contribution in [0.1, 0.15) is 18.5 Å². The van der Waals surface area contributed by atoms with Crippen molar-refractivity contribution in [2.24, 2.45) is 5.92 Å². The van der Waals surface area contributed by atoms with E-state index >= 15 is 0 Å². The van der Waals surface area contributed by atoms with E-state index in [0.717, 1.165) is 33.7 Å². The molecule has 0 radical (unpaired) electrons. The summed E-state index contributed by atoms with van der Waals surface area (Å²) >= 11 is 3.07. The van der Waals surface area contributed by atoms with Crippen LogP contribution in [0, 0.1) is 12.8 Å². The van der Waals surface area contributed by atoms with Crippen molar-refractivity contribution in [2.45, 2.75) is 19.8 Å². The third-order valence-corrected chi connectivity index (χ3v) is 5.74. The van der Waals surface area contributed by atoms with Gasteiger partial charge in [-0.05, 0) is 57.4 Å². The summed E-state index contributed by atoms with van der Waals surface area (Å²) < 4.78 is 4.29. The highest BCUT2D eigenvalue weighted by molar-refractivity contribution is 7.15. The molecular weight excluding hydrogens is 302 g/mol. The number of aromatic nitrogens is 2. The first-order chi connectivity index (χ1) is 10.1. The SMILES string of the molecule is Cc1csc(-c2c(N)nsc2NCC2CCN(C)CC2)n1. The zero-order chi connectivity index (χ0) is 14.8. The van der Waals surface area contributed by atoms with Crippen molar-refractivity contribution in [2.75, 3.05) is 37.7 Å². The van der Waals surface area contributed by atoms with Crippen LogP contribution < -0.4 is 11.1 Å². The number of piperidine rings is 1. The van der Waals surface area contributed by atoms with Gasteiger partial charge in [-0.25, -0.2) is 4.98 Å². The first-order valence-electron chi connectivity index (χ1n) is 7.23. The molecule has 0 spiro atoms. The number of hydrogen-bond donors (Lipinski definition) is 2. The molecule has 1 saturated heterocycles. The first kappa shape index (κ1) is 14.7. The number of nitrogen functional groups attached to an aromatic ring is 1. The number of nitrogens with one attached hydrogen (secondary N) is 1. The number of likely N-dealkylation sites (tertiary alicyclic amines) is 1. The summed E-state index contributed by atoms with van der Waals surface area (Å²) in [6.07, 6.45) is 2.51. The summed E-state index contributed by atoms with van der Waals surface area (Å²) in [4.78, 5) is 6.93. The van der Waals surface area contributed by atoms with Crippen molar-refractivity contribution in [3.8, 4) is 10.6 Å². The molecule has 5 nitrogen and oxygen atoms in total. The minimum atomic E-state index is 0.584. The van der Waals surface area contributed by atoms with Crippen LogP contribution in [0.3, 0.4) is 0 Å². The highest BCUT2D eigenvalue weighted by atomic mass is 32.1. The fourth-order valence-electron chi connectivity index (χ4n) is 2.60. The molecule has 0 unspecified atom stereocenters. The summed E-state index contributed by atoms with van der Waals surface area (Å²) in [5.74, 6) is 1.32. The van der Waals surface area contributed by atoms with Gasteiger partial charge in [-0.1, -0.05) is 0 Å². The zero-order valence-corrected chi connectivity index (χ0v) is 14.1. The molecule has 1 aliphatic heterocycles. The van der Waals surface area contributed by atoms with E-state index in [2.05, 4.69) is 26.6 Å². The maximum atomic E-state index is 6.03. The van der Waals surface area contributed by atoms with E-state index in [1.165, 1.54) is 37.5 Å². The molecule has 1 fully saturated rings. The van der Waals surface area contributed by atoms with E-state index in [-0.39, 0.29) is 0 Å². The predicted molar refractivity (Wildman–Crippen MR) is 91.1 cm³/mol. The molecule has 21 heavy (non-hydrogen) atoms. The number of nitrogens with two attached hydrogens (primary N) is 1. The molecule has 0 bridgehead atoms. The molecule has 0 atom stereocenters. The van der Waals surface area contributed by atoms with Crippen LogP contribution >= 0.6 is 22.9 Å². The van der Waals surface area contributed by atoms with Gasteiger partial charge in [-0.3, -0.25) is 0 Å². The van der Waals surface area contributed by atoms with Gasteiger partial charge in [-0.2, -0.15) is 4.37 Å². The highest BCUT2D eigenvalue weighted by Crippen LogP contribution is 2.38. The Hall–Kier alpha value is -1.18. The zero-order valence-electron chi connectivity index (χ0n) is 12.4. The summed E-state index contributed by atoms with van der Waals surface area (Å²) in [6, 6.07) is 0. The molecule has 2 aromatic heterocycles. The number of aryl methyl sites for hydroxylation is 1. The summed E-state index contributed by atoms with van der Waals surface area (Å²) in [5, 5.41) is 7.62. The quantitative estimate of drug-likeness (QED) is 0.905. The average Bonchev–Trinajstić information content (AvgIpc) is 3.04. The van der Waals surface area contributed by atoms with Gasteiger partial charge in [0.25, 0.3) is 0 Å². The lowest BCUT2D eigenvalue weighted by atomic mass is 9.97. The number of rotatable bonds is 4. The van der Waals surface area contributed by atoms with Crippen molar-refractivity contribution in [3.63, 3.8) is 0 Å². The number of anilines is 2. The fourth-order valence-corrected chi connectivity index (χ4v) is 4.24.